The molecule has 0 aliphatic heterocycles. The Kier molecular flexibility index (Phi) is 3.16. The summed E-state index contributed by atoms with van der Waals surface area (Å²) in [7, 11) is 0. The van der Waals surface area contributed by atoms with E-state index in [-0.39, 0.29) is 5.32 Å². The van der Waals surface area contributed by atoms with Crippen LogP contribution in [0.3, 0.4) is 0 Å². The molecule has 0 aromatic heterocycles. The van der Waals surface area contributed by atoms with E-state index in [9.17, 15) is 7.67 Å². The van der Waals surface area contributed by atoms with Crippen LogP contribution in [0.4, 0.5) is 0 Å². The number of rotatable bonds is 3. The van der Waals surface area contributed by atoms with Crippen LogP contribution >= 0.6 is 0 Å². The van der Waals surface area contributed by atoms with E-state index in [1.165, 1.54) is 0 Å². The monoisotopic (exact) mass is 187 g/mol. The molecule has 3 N–H and O–H groups in total. The standard InChI is InChI=1S/C3H9NO3Se/c4-2-1-3-8(5,6)7/h1-4H2,(H,5,6,7). The van der Waals surface area contributed by atoms with E-state index in [4.69, 9.17) is 9.92 Å². The maximum atomic E-state index is 9.96. The summed E-state index contributed by atoms with van der Waals surface area (Å²) >= 11 is -4.41. The van der Waals surface area contributed by atoms with Crippen LogP contribution in [0.15, 0.2) is 0 Å². The fraction of sp³-hybridized carbons (Fsp3) is 1.00. The third kappa shape index (κ3) is 6.04. The summed E-state index contributed by atoms with van der Waals surface area (Å²) in [4.78, 5) is 0. The summed E-state index contributed by atoms with van der Waals surface area (Å²) < 4.78 is 28.1. The van der Waals surface area contributed by atoms with Crippen LogP contribution in [0.5, 0.6) is 0 Å². The molecule has 0 atom stereocenters. The Morgan fingerprint density at radius 3 is 2.12 bits per heavy atom. The molecule has 0 heterocycles. The van der Waals surface area contributed by atoms with Gasteiger partial charge in [0.25, 0.3) is 0 Å². The fourth-order valence-corrected chi connectivity index (χ4v) is 1.38. The molecule has 0 fully saturated rings. The molecule has 8 heavy (non-hydrogen) atoms. The van der Waals surface area contributed by atoms with E-state index in [1.54, 1.807) is 0 Å². The summed E-state index contributed by atoms with van der Waals surface area (Å²) in [5, 5.41) is -0.160. The Balaban J connectivity index is 3.42. The topological polar surface area (TPSA) is 80.4 Å². The molecule has 0 radical (unpaired) electrons. The van der Waals surface area contributed by atoms with E-state index >= 15 is 0 Å². The molecule has 0 saturated carbocycles. The molecular weight excluding hydrogens is 177 g/mol. The van der Waals surface area contributed by atoms with Crippen molar-refractivity contribution in [1.82, 2.24) is 0 Å². The fourth-order valence-electron chi connectivity index (χ4n) is 0.266. The van der Waals surface area contributed by atoms with Crippen LogP contribution in [-0.4, -0.2) is 23.8 Å². The van der Waals surface area contributed by atoms with Gasteiger partial charge in [0, 0.05) is 0 Å². The first-order valence-electron chi connectivity index (χ1n) is 2.21. The Hall–Kier alpha value is 0.0395. The van der Waals surface area contributed by atoms with Gasteiger partial charge in [-0.25, -0.2) is 0 Å². The number of hydrogen-bond acceptors (Lipinski definition) is 3. The normalized spacial score (nSPS) is 11.8. The Bertz CT molecular complexity index is 139. The second-order valence-electron chi connectivity index (χ2n) is 1.43. The van der Waals surface area contributed by atoms with Gasteiger partial charge in [0.1, 0.15) is 0 Å². The van der Waals surface area contributed by atoms with Gasteiger partial charge in [-0.05, 0) is 0 Å². The molecule has 0 spiro atoms. The molecule has 0 unspecified atom stereocenters. The maximum absolute atomic E-state index is 9.96. The van der Waals surface area contributed by atoms with Crippen LogP contribution in [0, 0.1) is 0 Å². The van der Waals surface area contributed by atoms with Crippen molar-refractivity contribution in [2.75, 3.05) is 6.54 Å². The van der Waals surface area contributed by atoms with Crippen molar-refractivity contribution in [1.29, 1.82) is 0 Å². The van der Waals surface area contributed by atoms with Crippen LogP contribution in [0.1, 0.15) is 6.42 Å². The molecule has 4 nitrogen and oxygen atoms in total. The van der Waals surface area contributed by atoms with Gasteiger partial charge in [-0.1, -0.05) is 0 Å². The molecule has 5 heteroatoms. The first-order chi connectivity index (χ1) is 3.56. The van der Waals surface area contributed by atoms with E-state index in [0.717, 1.165) is 0 Å². The average Bonchev–Trinajstić information content (AvgIpc) is 1.59. The minimum atomic E-state index is -4.41. The van der Waals surface area contributed by atoms with Gasteiger partial charge in [-0.2, -0.15) is 0 Å². The van der Waals surface area contributed by atoms with E-state index in [0.29, 0.717) is 13.0 Å². The SMILES string of the molecule is NCCC[Se](=O)(=O)O. The Morgan fingerprint density at radius 2 is 2.00 bits per heavy atom. The van der Waals surface area contributed by atoms with Crippen molar-refractivity contribution in [3.05, 3.63) is 0 Å². The molecule has 50 valence electrons. The average molecular weight is 186 g/mol. The zero-order valence-electron chi connectivity index (χ0n) is 4.37. The molecule has 0 amide bonds. The quantitative estimate of drug-likeness (QED) is 0.561. The number of hydrogen-bond donors (Lipinski definition) is 2. The predicted molar refractivity (Wildman–Crippen MR) is 27.8 cm³/mol. The molecular formula is C3H9NO3Se. The van der Waals surface area contributed by atoms with Crippen LogP contribution in [-0.2, 0) is 7.67 Å². The Labute approximate surface area is 49.6 Å². The molecule has 0 aromatic rings. The summed E-state index contributed by atoms with van der Waals surface area (Å²) in [6, 6.07) is 0. The van der Waals surface area contributed by atoms with Gasteiger partial charge in [0.2, 0.25) is 0 Å². The summed E-state index contributed by atoms with van der Waals surface area (Å²) in [6.45, 7) is 0.310. The molecule has 0 saturated heterocycles. The van der Waals surface area contributed by atoms with Crippen molar-refractivity contribution < 1.29 is 11.9 Å². The molecule has 0 aliphatic carbocycles. The van der Waals surface area contributed by atoms with Gasteiger partial charge < -0.3 is 0 Å². The van der Waals surface area contributed by atoms with Crippen LogP contribution in [0.25, 0.3) is 0 Å². The van der Waals surface area contributed by atoms with Gasteiger partial charge in [-0.3, -0.25) is 0 Å². The molecule has 0 aliphatic rings. The minimum absolute atomic E-state index is 0.160. The van der Waals surface area contributed by atoms with Crippen molar-refractivity contribution in [3.8, 4) is 0 Å². The first kappa shape index (κ1) is 8.04. The van der Waals surface area contributed by atoms with E-state index < -0.39 is 13.0 Å². The van der Waals surface area contributed by atoms with Crippen molar-refractivity contribution >= 4 is 13.0 Å². The first-order valence-corrected chi connectivity index (χ1v) is 5.59. The van der Waals surface area contributed by atoms with Gasteiger partial charge in [0.15, 0.2) is 0 Å². The van der Waals surface area contributed by atoms with Gasteiger partial charge >= 0.3 is 48.9 Å². The van der Waals surface area contributed by atoms with Crippen molar-refractivity contribution in [3.63, 3.8) is 0 Å². The molecule has 0 rings (SSSR count). The van der Waals surface area contributed by atoms with Crippen molar-refractivity contribution in [2.24, 2.45) is 5.73 Å². The van der Waals surface area contributed by atoms with E-state index in [1.807, 2.05) is 0 Å². The van der Waals surface area contributed by atoms with Gasteiger partial charge in [-0.15, -0.1) is 0 Å². The third-order valence-corrected chi connectivity index (χ3v) is 2.29. The molecule has 0 aromatic carbocycles. The second-order valence-corrected chi connectivity index (χ2v) is 4.73. The molecule has 0 bridgehead atoms. The Morgan fingerprint density at radius 1 is 1.50 bits per heavy atom. The summed E-state index contributed by atoms with van der Waals surface area (Å²) in [5.41, 5.74) is 4.97. The van der Waals surface area contributed by atoms with Crippen molar-refractivity contribution in [2.45, 2.75) is 11.7 Å². The predicted octanol–water partition coefficient (Wildman–Crippen LogP) is -0.873. The summed E-state index contributed by atoms with van der Waals surface area (Å²) in [5.74, 6) is 0. The summed E-state index contributed by atoms with van der Waals surface area (Å²) in [6.07, 6.45) is 0.351. The van der Waals surface area contributed by atoms with Gasteiger partial charge in [0.05, 0.1) is 0 Å². The zero-order valence-corrected chi connectivity index (χ0v) is 6.08. The second kappa shape index (κ2) is 3.14. The zero-order chi connectivity index (χ0) is 6.62. The third-order valence-electron chi connectivity index (χ3n) is 0.606. The van der Waals surface area contributed by atoms with Crippen LogP contribution in [0.2, 0.25) is 5.32 Å². The van der Waals surface area contributed by atoms with E-state index in [2.05, 4.69) is 0 Å². The number of nitrogens with two attached hydrogens (primary N) is 1. The van der Waals surface area contributed by atoms with Crippen LogP contribution < -0.4 is 5.73 Å².